The number of aromatic nitrogens is 2. The van der Waals surface area contributed by atoms with Gasteiger partial charge in [0.25, 0.3) is 5.56 Å². The van der Waals surface area contributed by atoms with Crippen molar-refractivity contribution in [2.45, 2.75) is 39.5 Å². The zero-order valence-electron chi connectivity index (χ0n) is 11.6. The molecule has 0 saturated heterocycles. The highest BCUT2D eigenvalue weighted by atomic mass is 16.1. The molecular weight excluding hydrogens is 228 g/mol. The first-order valence-corrected chi connectivity index (χ1v) is 6.64. The van der Waals surface area contributed by atoms with Gasteiger partial charge in [-0.15, -0.1) is 0 Å². The molecule has 1 aromatic heterocycles. The maximum Gasteiger partial charge on any atom is 0.252 e. The number of rotatable bonds is 7. The molecule has 5 heteroatoms. The molecular formula is C13H24N4O. The number of aromatic amines is 1. The molecule has 0 aliphatic heterocycles. The first kappa shape index (κ1) is 14.7. The van der Waals surface area contributed by atoms with Gasteiger partial charge in [0, 0.05) is 25.1 Å². The molecule has 0 bridgehead atoms. The lowest BCUT2D eigenvalue weighted by Gasteiger charge is -2.23. The molecule has 0 aromatic carbocycles. The van der Waals surface area contributed by atoms with Gasteiger partial charge in [-0.3, -0.25) is 4.79 Å². The van der Waals surface area contributed by atoms with Crippen LogP contribution in [0.5, 0.6) is 0 Å². The number of nitrogens with two attached hydrogens (primary N) is 1. The van der Waals surface area contributed by atoms with Crippen molar-refractivity contribution in [3.8, 4) is 0 Å². The van der Waals surface area contributed by atoms with E-state index < -0.39 is 0 Å². The summed E-state index contributed by atoms with van der Waals surface area (Å²) in [5.41, 5.74) is 5.46. The van der Waals surface area contributed by atoms with Crippen LogP contribution in [0.25, 0.3) is 0 Å². The van der Waals surface area contributed by atoms with Crippen molar-refractivity contribution < 1.29 is 0 Å². The topological polar surface area (TPSA) is 75.0 Å². The summed E-state index contributed by atoms with van der Waals surface area (Å²) in [4.78, 5) is 21.1. The average Bonchev–Trinajstić information content (AvgIpc) is 2.33. The minimum Gasteiger partial charge on any atom is -0.356 e. The van der Waals surface area contributed by atoms with Crippen LogP contribution in [0.1, 0.15) is 45.4 Å². The highest BCUT2D eigenvalue weighted by Crippen LogP contribution is 2.13. The molecule has 1 heterocycles. The molecule has 1 aromatic rings. The fourth-order valence-corrected chi connectivity index (χ4v) is 1.79. The summed E-state index contributed by atoms with van der Waals surface area (Å²) in [6.07, 6.45) is 1.93. The van der Waals surface area contributed by atoms with E-state index in [0.29, 0.717) is 6.54 Å². The summed E-state index contributed by atoms with van der Waals surface area (Å²) in [6.45, 7) is 8.55. The van der Waals surface area contributed by atoms with Gasteiger partial charge in [-0.2, -0.15) is 0 Å². The molecule has 0 spiro atoms. The van der Waals surface area contributed by atoms with Crippen molar-refractivity contribution in [1.82, 2.24) is 9.97 Å². The minimum absolute atomic E-state index is 0.0856. The maximum absolute atomic E-state index is 11.7. The highest BCUT2D eigenvalue weighted by Gasteiger charge is 2.10. The largest absolute Gasteiger partial charge is 0.356 e. The van der Waals surface area contributed by atoms with Crippen LogP contribution in [0.4, 0.5) is 5.82 Å². The molecule has 0 amide bonds. The van der Waals surface area contributed by atoms with Crippen LogP contribution >= 0.6 is 0 Å². The molecule has 102 valence electrons. The Hall–Kier alpha value is -1.36. The quantitative estimate of drug-likeness (QED) is 0.770. The second-order valence-electron chi connectivity index (χ2n) is 4.77. The van der Waals surface area contributed by atoms with Crippen LogP contribution in [-0.4, -0.2) is 29.6 Å². The van der Waals surface area contributed by atoms with E-state index >= 15 is 0 Å². The predicted octanol–water partition coefficient (Wildman–Crippen LogP) is 1.46. The van der Waals surface area contributed by atoms with E-state index in [2.05, 4.69) is 21.8 Å². The molecule has 0 fully saturated rings. The number of hydrogen-bond acceptors (Lipinski definition) is 4. The van der Waals surface area contributed by atoms with Crippen molar-refractivity contribution in [2.75, 3.05) is 24.5 Å². The average molecular weight is 252 g/mol. The molecule has 0 saturated carbocycles. The second-order valence-corrected chi connectivity index (χ2v) is 4.77. The maximum atomic E-state index is 11.7. The standard InChI is InChI=1S/C13H24N4O/c1-4-7-17(8-5-6-14)11-9-12(18)16-13(15-11)10(2)3/h9-10H,4-8,14H2,1-3H3,(H,15,16,18). The molecule has 1 rings (SSSR count). The van der Waals surface area contributed by atoms with Crippen LogP contribution < -0.4 is 16.2 Å². The summed E-state index contributed by atoms with van der Waals surface area (Å²) in [5.74, 6) is 1.72. The van der Waals surface area contributed by atoms with Gasteiger partial charge in [-0.05, 0) is 19.4 Å². The molecule has 0 radical (unpaired) electrons. The van der Waals surface area contributed by atoms with Gasteiger partial charge in [0.05, 0.1) is 0 Å². The Morgan fingerprint density at radius 1 is 1.44 bits per heavy atom. The monoisotopic (exact) mass is 252 g/mol. The van der Waals surface area contributed by atoms with Crippen LogP contribution in [0.3, 0.4) is 0 Å². The SMILES string of the molecule is CCCN(CCCN)c1cc(=O)[nH]c(C(C)C)n1. The van der Waals surface area contributed by atoms with Gasteiger partial charge in [-0.1, -0.05) is 20.8 Å². The van der Waals surface area contributed by atoms with Gasteiger partial charge in [0.2, 0.25) is 0 Å². The van der Waals surface area contributed by atoms with E-state index in [1.54, 1.807) is 6.07 Å². The lowest BCUT2D eigenvalue weighted by Crippen LogP contribution is -2.29. The van der Waals surface area contributed by atoms with E-state index in [9.17, 15) is 4.79 Å². The molecule has 0 aliphatic rings. The summed E-state index contributed by atoms with van der Waals surface area (Å²) >= 11 is 0. The number of anilines is 1. The van der Waals surface area contributed by atoms with Crippen LogP contribution in [0.2, 0.25) is 0 Å². The number of hydrogen-bond donors (Lipinski definition) is 2. The van der Waals surface area contributed by atoms with E-state index in [1.807, 2.05) is 13.8 Å². The molecule has 5 nitrogen and oxygen atoms in total. The number of nitrogens with one attached hydrogen (secondary N) is 1. The summed E-state index contributed by atoms with van der Waals surface area (Å²) in [5, 5.41) is 0. The van der Waals surface area contributed by atoms with Crippen LogP contribution in [0, 0.1) is 0 Å². The fourth-order valence-electron chi connectivity index (χ4n) is 1.79. The Kier molecular flexibility index (Phi) is 5.85. The Bertz CT molecular complexity index is 414. The van der Waals surface area contributed by atoms with Crippen molar-refractivity contribution >= 4 is 5.82 Å². The van der Waals surface area contributed by atoms with Crippen LogP contribution in [-0.2, 0) is 0 Å². The molecule has 18 heavy (non-hydrogen) atoms. The minimum atomic E-state index is -0.0856. The van der Waals surface area contributed by atoms with Gasteiger partial charge in [0.15, 0.2) is 0 Å². The second kappa shape index (κ2) is 7.16. The van der Waals surface area contributed by atoms with E-state index in [-0.39, 0.29) is 11.5 Å². The summed E-state index contributed by atoms with van der Waals surface area (Å²) in [6, 6.07) is 1.57. The third kappa shape index (κ3) is 4.14. The molecule has 0 atom stereocenters. The number of nitrogens with zero attached hydrogens (tertiary/aromatic N) is 2. The molecule has 0 unspecified atom stereocenters. The summed E-state index contributed by atoms with van der Waals surface area (Å²) in [7, 11) is 0. The Morgan fingerprint density at radius 3 is 2.72 bits per heavy atom. The first-order chi connectivity index (χ1) is 8.58. The highest BCUT2D eigenvalue weighted by molar-refractivity contribution is 5.37. The van der Waals surface area contributed by atoms with Crippen LogP contribution in [0.15, 0.2) is 10.9 Å². The van der Waals surface area contributed by atoms with Crippen molar-refractivity contribution in [3.05, 3.63) is 22.2 Å². The van der Waals surface area contributed by atoms with Gasteiger partial charge >= 0.3 is 0 Å². The van der Waals surface area contributed by atoms with Gasteiger partial charge in [0.1, 0.15) is 11.6 Å². The normalized spacial score (nSPS) is 10.9. The Balaban J connectivity index is 2.99. The van der Waals surface area contributed by atoms with Gasteiger partial charge < -0.3 is 15.6 Å². The predicted molar refractivity (Wildman–Crippen MR) is 75.1 cm³/mol. The zero-order valence-corrected chi connectivity index (χ0v) is 11.6. The summed E-state index contributed by atoms with van der Waals surface area (Å²) < 4.78 is 0. The third-order valence-corrected chi connectivity index (χ3v) is 2.74. The lowest BCUT2D eigenvalue weighted by atomic mass is 10.2. The Labute approximate surface area is 108 Å². The number of H-pyrrole nitrogens is 1. The molecule has 3 N–H and O–H groups in total. The van der Waals surface area contributed by atoms with Crippen molar-refractivity contribution in [3.63, 3.8) is 0 Å². The lowest BCUT2D eigenvalue weighted by molar-refractivity contribution is 0.695. The fraction of sp³-hybridized carbons (Fsp3) is 0.692. The van der Waals surface area contributed by atoms with Gasteiger partial charge in [-0.25, -0.2) is 4.98 Å². The van der Waals surface area contributed by atoms with Crippen molar-refractivity contribution in [2.24, 2.45) is 5.73 Å². The third-order valence-electron chi connectivity index (χ3n) is 2.74. The zero-order chi connectivity index (χ0) is 13.5. The van der Waals surface area contributed by atoms with Crippen molar-refractivity contribution in [1.29, 1.82) is 0 Å². The smallest absolute Gasteiger partial charge is 0.252 e. The van der Waals surface area contributed by atoms with E-state index in [4.69, 9.17) is 5.73 Å². The molecule has 0 aliphatic carbocycles. The first-order valence-electron chi connectivity index (χ1n) is 6.64. The Morgan fingerprint density at radius 2 is 2.17 bits per heavy atom. The van der Waals surface area contributed by atoms with E-state index in [1.165, 1.54) is 0 Å². The van der Waals surface area contributed by atoms with E-state index in [0.717, 1.165) is 37.6 Å².